The molecule has 2 saturated heterocycles. The van der Waals surface area contributed by atoms with Crippen molar-refractivity contribution in [2.45, 2.75) is 44.7 Å². The summed E-state index contributed by atoms with van der Waals surface area (Å²) >= 11 is 0. The fourth-order valence-electron chi connectivity index (χ4n) is 5.83. The van der Waals surface area contributed by atoms with Crippen molar-refractivity contribution in [2.75, 3.05) is 11.9 Å². The van der Waals surface area contributed by atoms with Crippen molar-refractivity contribution < 1.29 is 19.2 Å². The number of nitrogens with two attached hydrogens (primary N) is 1. The Morgan fingerprint density at radius 2 is 1.79 bits per heavy atom. The molecule has 4 N–H and O–H groups in total. The minimum absolute atomic E-state index is 0.0594. The molecule has 0 unspecified atom stereocenters. The van der Waals surface area contributed by atoms with Gasteiger partial charge in [0.2, 0.25) is 23.6 Å². The fraction of sp³-hybridized carbons (Fsp3) is 0.385. The molecule has 8 nitrogen and oxygen atoms in total. The molecule has 2 aromatic carbocycles. The van der Waals surface area contributed by atoms with Crippen LogP contribution in [0.1, 0.15) is 35.1 Å². The van der Waals surface area contributed by atoms with E-state index in [-0.39, 0.29) is 37.1 Å². The van der Waals surface area contributed by atoms with Crippen LogP contribution in [0.5, 0.6) is 0 Å². The van der Waals surface area contributed by atoms with Crippen molar-refractivity contribution in [3.05, 3.63) is 64.7 Å². The van der Waals surface area contributed by atoms with Gasteiger partial charge in [-0.2, -0.15) is 0 Å². The number of fused-ring (bicyclic) bond motifs is 4. The molecule has 34 heavy (non-hydrogen) atoms. The molecule has 0 bridgehead atoms. The van der Waals surface area contributed by atoms with E-state index < -0.39 is 29.3 Å². The third-order valence-electron chi connectivity index (χ3n) is 7.68. The number of carbonyl (C=O) groups excluding carboxylic acids is 4. The maximum atomic E-state index is 13.8. The highest BCUT2D eigenvalue weighted by Gasteiger charge is 2.70. The molecule has 2 fully saturated rings. The normalized spacial score (nSPS) is 27.3. The van der Waals surface area contributed by atoms with Crippen LogP contribution >= 0.6 is 0 Å². The third kappa shape index (κ3) is 3.16. The SMILES string of the molecule is Cc1ccc2c(c1C)NC(=O)[C@@]21N[C@H](CCC(N)=O)[C@H]2C(=O)N(CCc3ccccc3)C(=O)[C@@H]21. The Morgan fingerprint density at radius 3 is 2.50 bits per heavy atom. The van der Waals surface area contributed by atoms with Crippen molar-refractivity contribution in [1.82, 2.24) is 10.2 Å². The number of amides is 4. The number of aryl methyl sites for hydroxylation is 1. The number of primary amides is 1. The average Bonchev–Trinajstić information content (AvgIpc) is 3.39. The van der Waals surface area contributed by atoms with Crippen LogP contribution in [0.3, 0.4) is 0 Å². The third-order valence-corrected chi connectivity index (χ3v) is 7.68. The summed E-state index contributed by atoms with van der Waals surface area (Å²) in [5.74, 6) is -3.08. The van der Waals surface area contributed by atoms with E-state index in [0.29, 0.717) is 17.7 Å². The van der Waals surface area contributed by atoms with Gasteiger partial charge in [-0.25, -0.2) is 0 Å². The Bertz CT molecular complexity index is 1210. The summed E-state index contributed by atoms with van der Waals surface area (Å²) in [6.45, 7) is 4.13. The van der Waals surface area contributed by atoms with Crippen LogP contribution in [0.15, 0.2) is 42.5 Å². The van der Waals surface area contributed by atoms with Gasteiger partial charge in [-0.05, 0) is 43.4 Å². The van der Waals surface area contributed by atoms with Crippen LogP contribution in [-0.2, 0) is 31.1 Å². The lowest BCUT2D eigenvalue weighted by atomic mass is 9.76. The highest BCUT2D eigenvalue weighted by atomic mass is 16.2. The number of likely N-dealkylation sites (tertiary alicyclic amines) is 1. The smallest absolute Gasteiger partial charge is 0.250 e. The van der Waals surface area contributed by atoms with E-state index in [9.17, 15) is 19.2 Å². The summed E-state index contributed by atoms with van der Waals surface area (Å²) in [7, 11) is 0. The minimum Gasteiger partial charge on any atom is -0.370 e. The summed E-state index contributed by atoms with van der Waals surface area (Å²) in [5.41, 5.74) is 8.38. The Kier molecular flexibility index (Phi) is 5.28. The Balaban J connectivity index is 1.55. The molecular weight excluding hydrogens is 432 g/mol. The van der Waals surface area contributed by atoms with Crippen LogP contribution in [0, 0.1) is 25.7 Å². The molecule has 5 rings (SSSR count). The van der Waals surface area contributed by atoms with Crippen LogP contribution in [-0.4, -0.2) is 41.1 Å². The van der Waals surface area contributed by atoms with Gasteiger partial charge in [0, 0.05) is 30.3 Å². The molecule has 3 aliphatic rings. The molecular formula is C26H28N4O4. The summed E-state index contributed by atoms with van der Waals surface area (Å²) in [5, 5.41) is 6.31. The first-order valence-electron chi connectivity index (χ1n) is 11.6. The molecule has 4 atom stereocenters. The number of hydrogen-bond donors (Lipinski definition) is 3. The molecule has 1 spiro atoms. The number of benzene rings is 2. The largest absolute Gasteiger partial charge is 0.370 e. The highest BCUT2D eigenvalue weighted by Crippen LogP contribution is 2.54. The number of hydrogen-bond acceptors (Lipinski definition) is 5. The van der Waals surface area contributed by atoms with E-state index in [1.807, 2.05) is 56.3 Å². The van der Waals surface area contributed by atoms with Crippen LogP contribution < -0.4 is 16.4 Å². The van der Waals surface area contributed by atoms with Gasteiger partial charge in [-0.1, -0.05) is 42.5 Å². The quantitative estimate of drug-likeness (QED) is 0.565. The van der Waals surface area contributed by atoms with Crippen molar-refractivity contribution in [1.29, 1.82) is 0 Å². The van der Waals surface area contributed by atoms with E-state index in [1.165, 1.54) is 4.90 Å². The minimum atomic E-state index is -1.35. The first-order chi connectivity index (χ1) is 16.3. The van der Waals surface area contributed by atoms with Crippen LogP contribution in [0.4, 0.5) is 5.69 Å². The van der Waals surface area contributed by atoms with E-state index in [1.54, 1.807) is 0 Å². The van der Waals surface area contributed by atoms with Gasteiger partial charge in [0.15, 0.2) is 0 Å². The molecule has 0 aliphatic carbocycles. The maximum Gasteiger partial charge on any atom is 0.250 e. The molecule has 8 heteroatoms. The Hall–Kier alpha value is -3.52. The summed E-state index contributed by atoms with van der Waals surface area (Å²) in [6, 6.07) is 12.9. The predicted octanol–water partition coefficient (Wildman–Crippen LogP) is 1.53. The highest BCUT2D eigenvalue weighted by molar-refractivity contribution is 6.15. The lowest BCUT2D eigenvalue weighted by molar-refractivity contribution is -0.142. The van der Waals surface area contributed by atoms with Crippen molar-refractivity contribution in [3.8, 4) is 0 Å². The Labute approximate surface area is 197 Å². The van der Waals surface area contributed by atoms with E-state index in [2.05, 4.69) is 10.6 Å². The van der Waals surface area contributed by atoms with Gasteiger partial charge in [0.1, 0.15) is 5.54 Å². The number of anilines is 1. The van der Waals surface area contributed by atoms with E-state index in [4.69, 9.17) is 5.73 Å². The second-order valence-electron chi connectivity index (χ2n) is 9.52. The zero-order valence-electron chi connectivity index (χ0n) is 19.3. The van der Waals surface area contributed by atoms with Gasteiger partial charge in [-0.3, -0.25) is 29.4 Å². The molecule has 0 aromatic heterocycles. The number of rotatable bonds is 6. The lowest BCUT2D eigenvalue weighted by Crippen LogP contribution is -2.53. The molecule has 0 radical (unpaired) electrons. The molecule has 176 valence electrons. The molecule has 4 amide bonds. The van der Waals surface area contributed by atoms with E-state index >= 15 is 0 Å². The number of carbonyl (C=O) groups is 4. The zero-order chi connectivity index (χ0) is 24.2. The number of imide groups is 1. The topological polar surface area (TPSA) is 122 Å². The summed E-state index contributed by atoms with van der Waals surface area (Å²) in [6.07, 6.45) is 0.867. The Morgan fingerprint density at radius 1 is 1.06 bits per heavy atom. The molecule has 0 saturated carbocycles. The van der Waals surface area contributed by atoms with E-state index in [0.717, 1.165) is 16.7 Å². The van der Waals surface area contributed by atoms with Crippen LogP contribution in [0.25, 0.3) is 0 Å². The standard InChI is InChI=1S/C26H28N4O4/c1-14-8-9-17-22(15(14)2)28-25(34)26(17)21-20(18(29-26)10-11-19(27)31)23(32)30(24(21)33)13-12-16-6-4-3-5-7-16/h3-9,18,20-21,29H,10-13H2,1-2H3,(H2,27,31)(H,28,34)/t18-,20-,21-,26-/m1/s1. The van der Waals surface area contributed by atoms with Gasteiger partial charge in [0.05, 0.1) is 11.8 Å². The molecule has 3 aliphatic heterocycles. The number of nitrogens with one attached hydrogen (secondary N) is 2. The van der Waals surface area contributed by atoms with Gasteiger partial charge >= 0.3 is 0 Å². The van der Waals surface area contributed by atoms with Crippen molar-refractivity contribution in [2.24, 2.45) is 17.6 Å². The predicted molar refractivity (Wildman–Crippen MR) is 125 cm³/mol. The monoisotopic (exact) mass is 460 g/mol. The zero-order valence-corrected chi connectivity index (χ0v) is 19.3. The second kappa shape index (κ2) is 8.06. The lowest BCUT2D eigenvalue weighted by Gasteiger charge is -2.29. The molecule has 3 heterocycles. The van der Waals surface area contributed by atoms with Crippen LogP contribution in [0.2, 0.25) is 0 Å². The second-order valence-corrected chi connectivity index (χ2v) is 9.52. The van der Waals surface area contributed by atoms with Gasteiger partial charge in [-0.15, -0.1) is 0 Å². The summed E-state index contributed by atoms with van der Waals surface area (Å²) in [4.78, 5) is 53.7. The van der Waals surface area contributed by atoms with Crippen molar-refractivity contribution >= 4 is 29.3 Å². The van der Waals surface area contributed by atoms with Gasteiger partial charge < -0.3 is 11.1 Å². The molecule has 2 aromatic rings. The van der Waals surface area contributed by atoms with Crippen molar-refractivity contribution in [3.63, 3.8) is 0 Å². The summed E-state index contributed by atoms with van der Waals surface area (Å²) < 4.78 is 0. The average molecular weight is 461 g/mol. The first kappa shape index (κ1) is 22.3. The van der Waals surface area contributed by atoms with Gasteiger partial charge in [0.25, 0.3) is 0 Å². The fourth-order valence-corrected chi connectivity index (χ4v) is 5.83. The first-order valence-corrected chi connectivity index (χ1v) is 11.6. The maximum absolute atomic E-state index is 13.8. The number of nitrogens with zero attached hydrogens (tertiary/aromatic N) is 1.